The summed E-state index contributed by atoms with van der Waals surface area (Å²) in [4.78, 5) is 23.6. The number of aromatic nitrogens is 3. The minimum atomic E-state index is -2.19. The van der Waals surface area contributed by atoms with Crippen LogP contribution in [0.4, 0.5) is 10.2 Å². The first-order chi connectivity index (χ1) is 8.60. The molecule has 1 saturated heterocycles. The second kappa shape index (κ2) is 3.66. The monoisotopic (exact) mass is 250 g/mol. The van der Waals surface area contributed by atoms with Gasteiger partial charge in [-0.3, -0.25) is 0 Å². The number of nitrogens with zero attached hydrogens (tertiary/aromatic N) is 3. The van der Waals surface area contributed by atoms with Crippen LogP contribution in [0.1, 0.15) is 6.42 Å². The van der Waals surface area contributed by atoms with Gasteiger partial charge in [-0.05, 0) is 6.07 Å². The summed E-state index contributed by atoms with van der Waals surface area (Å²) in [5, 5.41) is 9.64. The molecule has 18 heavy (non-hydrogen) atoms. The topological polar surface area (TPSA) is 82.1 Å². The molecule has 0 aromatic carbocycles. The Balaban J connectivity index is 1.98. The SMILES string of the molecule is O=C(O)C1(F)CCN(c2ncnc3[nH]ccc23)C1. The predicted octanol–water partition coefficient (Wildman–Crippen LogP) is 0.961. The summed E-state index contributed by atoms with van der Waals surface area (Å²) in [5.74, 6) is -0.841. The van der Waals surface area contributed by atoms with E-state index in [-0.39, 0.29) is 13.0 Å². The predicted molar refractivity (Wildman–Crippen MR) is 62.2 cm³/mol. The maximum absolute atomic E-state index is 14.0. The van der Waals surface area contributed by atoms with E-state index in [2.05, 4.69) is 15.0 Å². The molecule has 7 heteroatoms. The number of hydrogen-bond acceptors (Lipinski definition) is 4. The molecular weight excluding hydrogens is 239 g/mol. The minimum Gasteiger partial charge on any atom is -0.479 e. The van der Waals surface area contributed by atoms with Crippen LogP contribution >= 0.6 is 0 Å². The molecule has 6 nitrogen and oxygen atoms in total. The lowest BCUT2D eigenvalue weighted by Crippen LogP contribution is -2.37. The van der Waals surface area contributed by atoms with Gasteiger partial charge in [0.15, 0.2) is 0 Å². The average molecular weight is 250 g/mol. The largest absolute Gasteiger partial charge is 0.479 e. The highest BCUT2D eigenvalue weighted by Gasteiger charge is 2.46. The van der Waals surface area contributed by atoms with E-state index < -0.39 is 11.6 Å². The van der Waals surface area contributed by atoms with Gasteiger partial charge in [-0.2, -0.15) is 0 Å². The van der Waals surface area contributed by atoms with Gasteiger partial charge < -0.3 is 15.0 Å². The van der Waals surface area contributed by atoms with E-state index in [0.29, 0.717) is 18.0 Å². The molecule has 2 N–H and O–H groups in total. The van der Waals surface area contributed by atoms with E-state index >= 15 is 0 Å². The fourth-order valence-electron chi connectivity index (χ4n) is 2.24. The number of halogens is 1. The molecule has 0 amide bonds. The van der Waals surface area contributed by atoms with Gasteiger partial charge in [0.2, 0.25) is 5.67 Å². The number of carboxylic acids is 1. The maximum Gasteiger partial charge on any atom is 0.343 e. The first-order valence-corrected chi connectivity index (χ1v) is 5.55. The van der Waals surface area contributed by atoms with Crippen molar-refractivity contribution in [2.75, 3.05) is 18.0 Å². The van der Waals surface area contributed by atoms with E-state index in [1.807, 2.05) is 0 Å². The smallest absolute Gasteiger partial charge is 0.343 e. The number of rotatable bonds is 2. The molecule has 0 spiro atoms. The number of anilines is 1. The number of carboxylic acid groups (broad SMARTS) is 1. The van der Waals surface area contributed by atoms with E-state index in [9.17, 15) is 9.18 Å². The number of hydrogen-bond donors (Lipinski definition) is 2. The van der Waals surface area contributed by atoms with Crippen LogP contribution in [0.25, 0.3) is 11.0 Å². The lowest BCUT2D eigenvalue weighted by atomic mass is 10.1. The molecule has 0 aliphatic carbocycles. The number of alkyl halides is 1. The van der Waals surface area contributed by atoms with E-state index in [1.54, 1.807) is 17.2 Å². The standard InChI is InChI=1S/C11H11FN4O2/c12-11(10(17)18)2-4-16(5-11)9-7-1-3-13-8(7)14-6-15-9/h1,3,6H,2,4-5H2,(H,17,18)(H,13,14,15). The van der Waals surface area contributed by atoms with Crippen LogP contribution < -0.4 is 4.90 Å². The van der Waals surface area contributed by atoms with Crippen molar-refractivity contribution in [3.63, 3.8) is 0 Å². The Morgan fingerprint density at radius 1 is 1.56 bits per heavy atom. The zero-order valence-electron chi connectivity index (χ0n) is 9.43. The van der Waals surface area contributed by atoms with Gasteiger partial charge in [-0.25, -0.2) is 19.2 Å². The van der Waals surface area contributed by atoms with Crippen molar-refractivity contribution < 1.29 is 14.3 Å². The first kappa shape index (κ1) is 10.9. The quantitative estimate of drug-likeness (QED) is 0.829. The van der Waals surface area contributed by atoms with E-state index in [1.165, 1.54) is 6.33 Å². The summed E-state index contributed by atoms with van der Waals surface area (Å²) in [6.07, 6.45) is 3.07. The molecule has 1 fully saturated rings. The normalized spacial score (nSPS) is 23.7. The van der Waals surface area contributed by atoms with Crippen LogP contribution in [0.15, 0.2) is 18.6 Å². The van der Waals surface area contributed by atoms with Crippen molar-refractivity contribution in [1.29, 1.82) is 0 Å². The number of nitrogens with one attached hydrogen (secondary N) is 1. The van der Waals surface area contributed by atoms with Gasteiger partial charge >= 0.3 is 5.97 Å². The summed E-state index contributed by atoms with van der Waals surface area (Å²) in [7, 11) is 0. The van der Waals surface area contributed by atoms with Gasteiger partial charge in [0, 0.05) is 19.2 Å². The van der Waals surface area contributed by atoms with Crippen molar-refractivity contribution in [2.45, 2.75) is 12.1 Å². The first-order valence-electron chi connectivity index (χ1n) is 5.55. The number of aliphatic carboxylic acids is 1. The highest BCUT2D eigenvalue weighted by molar-refractivity contribution is 5.88. The number of fused-ring (bicyclic) bond motifs is 1. The van der Waals surface area contributed by atoms with Gasteiger partial charge in [0.25, 0.3) is 0 Å². The second-order valence-electron chi connectivity index (χ2n) is 4.38. The van der Waals surface area contributed by atoms with Gasteiger partial charge in [0.1, 0.15) is 17.8 Å². The van der Waals surface area contributed by atoms with E-state index in [0.717, 1.165) is 5.39 Å². The number of aromatic amines is 1. The fraction of sp³-hybridized carbons (Fsp3) is 0.364. The van der Waals surface area contributed by atoms with Crippen molar-refractivity contribution in [3.8, 4) is 0 Å². The third-order valence-corrected chi connectivity index (χ3v) is 3.24. The van der Waals surface area contributed by atoms with Crippen molar-refractivity contribution in [1.82, 2.24) is 15.0 Å². The number of carbonyl (C=O) groups is 1. The summed E-state index contributed by atoms with van der Waals surface area (Å²) >= 11 is 0. The Morgan fingerprint density at radius 3 is 3.11 bits per heavy atom. The molecule has 94 valence electrons. The Labute approximate surface area is 101 Å². The fourth-order valence-corrected chi connectivity index (χ4v) is 2.24. The Kier molecular flexibility index (Phi) is 2.22. The minimum absolute atomic E-state index is 0.0295. The molecule has 3 heterocycles. The van der Waals surface area contributed by atoms with Crippen LogP contribution in [0.5, 0.6) is 0 Å². The average Bonchev–Trinajstić information content (AvgIpc) is 2.95. The molecule has 1 atom stereocenters. The summed E-state index contributed by atoms with van der Waals surface area (Å²) < 4.78 is 14.0. The van der Waals surface area contributed by atoms with Gasteiger partial charge in [-0.15, -0.1) is 0 Å². The van der Waals surface area contributed by atoms with Crippen molar-refractivity contribution >= 4 is 22.8 Å². The highest BCUT2D eigenvalue weighted by atomic mass is 19.1. The Hall–Kier alpha value is -2.18. The van der Waals surface area contributed by atoms with Gasteiger partial charge in [0.05, 0.1) is 11.9 Å². The van der Waals surface area contributed by atoms with Crippen LogP contribution in [0.2, 0.25) is 0 Å². The van der Waals surface area contributed by atoms with Gasteiger partial charge in [-0.1, -0.05) is 0 Å². The summed E-state index contributed by atoms with van der Waals surface area (Å²) in [5.41, 5.74) is -1.53. The van der Waals surface area contributed by atoms with E-state index in [4.69, 9.17) is 5.11 Å². The molecule has 2 aromatic rings. The second-order valence-corrected chi connectivity index (χ2v) is 4.38. The molecule has 0 saturated carbocycles. The highest BCUT2D eigenvalue weighted by Crippen LogP contribution is 2.31. The zero-order valence-corrected chi connectivity index (χ0v) is 9.43. The Morgan fingerprint density at radius 2 is 2.39 bits per heavy atom. The molecular formula is C11H11FN4O2. The van der Waals surface area contributed by atoms with Crippen LogP contribution in [0.3, 0.4) is 0 Å². The molecule has 0 bridgehead atoms. The molecule has 0 radical (unpaired) electrons. The van der Waals surface area contributed by atoms with Crippen molar-refractivity contribution in [3.05, 3.63) is 18.6 Å². The van der Waals surface area contributed by atoms with Crippen molar-refractivity contribution in [2.24, 2.45) is 0 Å². The summed E-state index contributed by atoms with van der Waals surface area (Å²) in [6, 6.07) is 1.80. The van der Waals surface area contributed by atoms with Crippen LogP contribution in [-0.2, 0) is 4.79 Å². The molecule has 2 aromatic heterocycles. The van der Waals surface area contributed by atoms with Crippen LogP contribution in [0, 0.1) is 0 Å². The Bertz CT molecular complexity index is 614. The molecule has 3 rings (SSSR count). The zero-order chi connectivity index (χ0) is 12.8. The molecule has 1 aliphatic rings. The molecule has 1 aliphatic heterocycles. The maximum atomic E-state index is 14.0. The third kappa shape index (κ3) is 1.51. The number of H-pyrrole nitrogens is 1. The lowest BCUT2D eigenvalue weighted by molar-refractivity contribution is -0.149. The third-order valence-electron chi connectivity index (χ3n) is 3.24. The summed E-state index contributed by atoms with van der Waals surface area (Å²) in [6.45, 7) is 0.152. The lowest BCUT2D eigenvalue weighted by Gasteiger charge is -2.18. The molecule has 1 unspecified atom stereocenters. The van der Waals surface area contributed by atoms with Crippen LogP contribution in [-0.4, -0.2) is 44.8 Å².